The first kappa shape index (κ1) is 26.3. The summed E-state index contributed by atoms with van der Waals surface area (Å²) in [7, 11) is -2.30. The zero-order chi connectivity index (χ0) is 25.7. The highest BCUT2D eigenvalue weighted by Crippen LogP contribution is 2.27. The number of rotatable bonds is 9. The third kappa shape index (κ3) is 6.49. The van der Waals surface area contributed by atoms with Crippen LogP contribution in [0.25, 0.3) is 0 Å². The van der Waals surface area contributed by atoms with Gasteiger partial charge in [0.25, 0.3) is 0 Å². The monoisotopic (exact) mass is 562 g/mol. The van der Waals surface area contributed by atoms with Crippen LogP contribution in [0, 0.1) is 0 Å². The van der Waals surface area contributed by atoms with E-state index in [1.165, 1.54) is 28.6 Å². The topological polar surface area (TPSA) is 72.1 Å². The van der Waals surface area contributed by atoms with Crippen LogP contribution in [0.4, 0.5) is 5.69 Å². The molecule has 0 unspecified atom stereocenters. The maximum atomic E-state index is 13.5. The molecule has 6 nitrogen and oxygen atoms in total. The van der Waals surface area contributed by atoms with Gasteiger partial charge in [0.05, 0.1) is 40.5 Å². The number of methoxy groups -OCH3 is 1. The van der Waals surface area contributed by atoms with Crippen LogP contribution in [0.15, 0.2) is 93.2 Å². The molecule has 3 aromatic carbocycles. The molecule has 0 bridgehead atoms. The molecule has 0 N–H and O–H groups in total. The van der Waals surface area contributed by atoms with Gasteiger partial charge in [0.15, 0.2) is 0 Å². The van der Waals surface area contributed by atoms with E-state index in [-0.39, 0.29) is 18.0 Å². The van der Waals surface area contributed by atoms with E-state index >= 15 is 0 Å². The molecule has 0 amide bonds. The van der Waals surface area contributed by atoms with E-state index in [4.69, 9.17) is 44.0 Å². The van der Waals surface area contributed by atoms with Crippen LogP contribution in [-0.2, 0) is 23.1 Å². The van der Waals surface area contributed by atoms with Crippen LogP contribution in [-0.4, -0.2) is 26.0 Å². The van der Waals surface area contributed by atoms with Crippen LogP contribution in [0.3, 0.4) is 0 Å². The van der Waals surface area contributed by atoms with Crippen molar-refractivity contribution >= 4 is 56.7 Å². The Kier molecular flexibility index (Phi) is 8.39. The third-order valence-corrected chi connectivity index (χ3v) is 8.02. The predicted octanol–water partition coefficient (Wildman–Crippen LogP) is 7.39. The van der Waals surface area contributed by atoms with Crippen molar-refractivity contribution in [3.8, 4) is 5.75 Å². The molecule has 4 aromatic rings. The summed E-state index contributed by atoms with van der Waals surface area (Å²) in [5, 5.41) is 1.17. The van der Waals surface area contributed by atoms with E-state index in [1.807, 2.05) is 24.3 Å². The van der Waals surface area contributed by atoms with E-state index in [0.29, 0.717) is 32.2 Å². The zero-order valence-corrected chi connectivity index (χ0v) is 22.2. The second-order valence-electron chi connectivity index (χ2n) is 7.74. The number of halogens is 3. The number of aliphatic imine (C=N–C) groups is 1. The highest BCUT2D eigenvalue weighted by molar-refractivity contribution is 7.89. The average Bonchev–Trinajstić information content (AvgIpc) is 3.32. The minimum absolute atomic E-state index is 0.0123. The van der Waals surface area contributed by atoms with Crippen molar-refractivity contribution < 1.29 is 17.6 Å². The van der Waals surface area contributed by atoms with Gasteiger partial charge < -0.3 is 9.15 Å². The molecule has 10 heteroatoms. The smallest absolute Gasteiger partial charge is 0.243 e. The van der Waals surface area contributed by atoms with Crippen LogP contribution in [0.5, 0.6) is 5.75 Å². The van der Waals surface area contributed by atoms with Crippen molar-refractivity contribution in [2.75, 3.05) is 7.11 Å². The third-order valence-electron chi connectivity index (χ3n) is 5.22. The molecular formula is C26H21Cl3N2O4S. The number of sulfonamides is 1. The van der Waals surface area contributed by atoms with Crippen molar-refractivity contribution in [3.05, 3.63) is 111 Å². The normalized spacial score (nSPS) is 11.9. The van der Waals surface area contributed by atoms with Gasteiger partial charge in [-0.3, -0.25) is 4.99 Å². The lowest BCUT2D eigenvalue weighted by Crippen LogP contribution is -2.30. The van der Waals surface area contributed by atoms with Gasteiger partial charge >= 0.3 is 0 Å². The molecule has 36 heavy (non-hydrogen) atoms. The molecule has 186 valence electrons. The first-order valence-electron chi connectivity index (χ1n) is 10.7. The Morgan fingerprint density at radius 2 is 1.61 bits per heavy atom. The highest BCUT2D eigenvalue weighted by atomic mass is 35.5. The number of ether oxygens (including phenoxy) is 1. The molecular weight excluding hydrogens is 543 g/mol. The molecule has 0 aliphatic heterocycles. The fourth-order valence-electron chi connectivity index (χ4n) is 3.35. The number of hydrogen-bond donors (Lipinski definition) is 0. The Morgan fingerprint density at radius 1 is 0.889 bits per heavy atom. The minimum atomic E-state index is -3.90. The summed E-state index contributed by atoms with van der Waals surface area (Å²) in [6.07, 6.45) is 1.57. The Bertz CT molecular complexity index is 1470. The van der Waals surface area contributed by atoms with Gasteiger partial charge in [0.2, 0.25) is 10.0 Å². The van der Waals surface area contributed by atoms with Crippen molar-refractivity contribution in [2.45, 2.75) is 18.0 Å². The van der Waals surface area contributed by atoms with Crippen LogP contribution in [0.1, 0.15) is 17.1 Å². The van der Waals surface area contributed by atoms with Gasteiger partial charge in [-0.05, 0) is 78.4 Å². The summed E-state index contributed by atoms with van der Waals surface area (Å²) < 4.78 is 39.4. The molecule has 4 rings (SSSR count). The van der Waals surface area contributed by atoms with Crippen LogP contribution >= 0.6 is 34.8 Å². The molecule has 0 aliphatic rings. The Labute approximate surface area is 224 Å². The highest BCUT2D eigenvalue weighted by Gasteiger charge is 2.26. The molecule has 0 radical (unpaired) electrons. The molecule has 0 atom stereocenters. The summed E-state index contributed by atoms with van der Waals surface area (Å²) >= 11 is 18.1. The first-order chi connectivity index (χ1) is 17.2. The fourth-order valence-corrected chi connectivity index (χ4v) is 5.19. The van der Waals surface area contributed by atoms with E-state index in [1.54, 1.807) is 43.7 Å². The molecule has 0 aliphatic carbocycles. The van der Waals surface area contributed by atoms with Crippen molar-refractivity contribution in [1.29, 1.82) is 0 Å². The quantitative estimate of drug-likeness (QED) is 0.199. The van der Waals surface area contributed by atoms with E-state index in [9.17, 15) is 8.42 Å². The molecule has 0 saturated carbocycles. The Morgan fingerprint density at radius 3 is 2.28 bits per heavy atom. The number of benzene rings is 3. The van der Waals surface area contributed by atoms with E-state index in [2.05, 4.69) is 4.99 Å². The molecule has 0 spiro atoms. The van der Waals surface area contributed by atoms with Gasteiger partial charge in [-0.1, -0.05) is 40.9 Å². The second-order valence-corrected chi connectivity index (χ2v) is 10.9. The standard InChI is InChI=1S/C26H21Cl3N2O4S/c1-34-21-7-5-20(6-8-21)30-15-22-9-10-23(35-22)17-31(16-18-2-13-25(28)26(29)14-18)36(32,33)24-11-3-19(27)4-12-24/h2-15H,16-17H2,1H3. The first-order valence-corrected chi connectivity index (χ1v) is 13.3. The largest absolute Gasteiger partial charge is 0.497 e. The number of furan rings is 1. The lowest BCUT2D eigenvalue weighted by molar-refractivity contribution is 0.357. The zero-order valence-electron chi connectivity index (χ0n) is 19.1. The van der Waals surface area contributed by atoms with Crippen molar-refractivity contribution in [1.82, 2.24) is 4.31 Å². The Hall–Kier alpha value is -2.81. The second kappa shape index (κ2) is 11.5. The van der Waals surface area contributed by atoms with Gasteiger partial charge in [0.1, 0.15) is 17.3 Å². The Balaban J connectivity index is 1.59. The maximum Gasteiger partial charge on any atom is 0.243 e. The number of hydrogen-bond acceptors (Lipinski definition) is 5. The average molecular weight is 564 g/mol. The lowest BCUT2D eigenvalue weighted by Gasteiger charge is -2.22. The minimum Gasteiger partial charge on any atom is -0.497 e. The van der Waals surface area contributed by atoms with Crippen molar-refractivity contribution in [2.24, 2.45) is 4.99 Å². The SMILES string of the molecule is COc1ccc(N=Cc2ccc(CN(Cc3ccc(Cl)c(Cl)c3)S(=O)(=O)c3ccc(Cl)cc3)o2)cc1. The van der Waals surface area contributed by atoms with E-state index < -0.39 is 10.0 Å². The molecule has 0 saturated heterocycles. The molecule has 1 heterocycles. The predicted molar refractivity (Wildman–Crippen MR) is 143 cm³/mol. The molecule has 1 aromatic heterocycles. The van der Waals surface area contributed by atoms with Crippen LogP contribution < -0.4 is 4.74 Å². The van der Waals surface area contributed by atoms with Gasteiger partial charge in [-0.15, -0.1) is 0 Å². The fraction of sp³-hybridized carbons (Fsp3) is 0.115. The summed E-state index contributed by atoms with van der Waals surface area (Å²) in [6, 6.07) is 21.7. The van der Waals surface area contributed by atoms with Gasteiger partial charge in [0, 0.05) is 11.6 Å². The van der Waals surface area contributed by atoms with E-state index in [0.717, 1.165) is 11.4 Å². The van der Waals surface area contributed by atoms with Gasteiger partial charge in [-0.25, -0.2) is 8.42 Å². The molecule has 0 fully saturated rings. The lowest BCUT2D eigenvalue weighted by atomic mass is 10.2. The summed E-state index contributed by atoms with van der Waals surface area (Å²) in [6.45, 7) is 0.0411. The van der Waals surface area contributed by atoms with Gasteiger partial charge in [-0.2, -0.15) is 4.31 Å². The van der Waals surface area contributed by atoms with Crippen molar-refractivity contribution in [3.63, 3.8) is 0 Å². The summed E-state index contributed by atoms with van der Waals surface area (Å²) in [5.74, 6) is 1.67. The maximum absolute atomic E-state index is 13.5. The summed E-state index contributed by atoms with van der Waals surface area (Å²) in [4.78, 5) is 4.50. The summed E-state index contributed by atoms with van der Waals surface area (Å²) in [5.41, 5.74) is 1.40. The van der Waals surface area contributed by atoms with Crippen LogP contribution in [0.2, 0.25) is 15.1 Å². The number of nitrogens with zero attached hydrogens (tertiary/aromatic N) is 2.